The van der Waals surface area contributed by atoms with E-state index in [1.165, 1.54) is 4.31 Å². The molecule has 2 aliphatic heterocycles. The van der Waals surface area contributed by atoms with Crippen molar-refractivity contribution in [1.82, 2.24) is 13.9 Å². The SMILES string of the molecule is CC1CCCN(S(=O)(=O)N2CCCC(C(=O)NCCN)C2)C1. The van der Waals surface area contributed by atoms with Gasteiger partial charge < -0.3 is 11.1 Å². The highest BCUT2D eigenvalue weighted by Gasteiger charge is 2.37. The fourth-order valence-electron chi connectivity index (χ4n) is 3.22. The van der Waals surface area contributed by atoms with Crippen LogP contribution < -0.4 is 11.1 Å². The van der Waals surface area contributed by atoms with Crippen LogP contribution in [0.4, 0.5) is 0 Å². The third kappa shape index (κ3) is 4.18. The summed E-state index contributed by atoms with van der Waals surface area (Å²) in [5.74, 6) is 0.0478. The van der Waals surface area contributed by atoms with Crippen LogP contribution in [0.15, 0.2) is 0 Å². The highest BCUT2D eigenvalue weighted by molar-refractivity contribution is 7.86. The lowest BCUT2D eigenvalue weighted by atomic mass is 9.99. The van der Waals surface area contributed by atoms with Crippen molar-refractivity contribution >= 4 is 16.1 Å². The van der Waals surface area contributed by atoms with Crippen LogP contribution in [0.25, 0.3) is 0 Å². The number of carbonyl (C=O) groups excluding carboxylic acids is 1. The zero-order chi connectivity index (χ0) is 16.2. The third-order valence-corrected chi connectivity index (χ3v) is 6.44. The molecule has 0 spiro atoms. The molecule has 2 heterocycles. The number of rotatable bonds is 5. The number of hydrogen-bond donors (Lipinski definition) is 2. The van der Waals surface area contributed by atoms with Gasteiger partial charge in [-0.2, -0.15) is 17.0 Å². The quantitative estimate of drug-likeness (QED) is 0.726. The maximum Gasteiger partial charge on any atom is 0.282 e. The maximum atomic E-state index is 12.8. The first-order valence-electron chi connectivity index (χ1n) is 8.18. The van der Waals surface area contributed by atoms with E-state index in [1.807, 2.05) is 0 Å². The van der Waals surface area contributed by atoms with Gasteiger partial charge in [0.1, 0.15) is 0 Å². The molecular formula is C14H28N4O3S. The zero-order valence-corrected chi connectivity index (χ0v) is 14.1. The van der Waals surface area contributed by atoms with Gasteiger partial charge in [-0.15, -0.1) is 0 Å². The highest BCUT2D eigenvalue weighted by atomic mass is 32.2. The highest BCUT2D eigenvalue weighted by Crippen LogP contribution is 2.25. The van der Waals surface area contributed by atoms with Gasteiger partial charge in [0.15, 0.2) is 0 Å². The summed E-state index contributed by atoms with van der Waals surface area (Å²) in [5.41, 5.74) is 5.39. The number of nitrogens with one attached hydrogen (secondary N) is 1. The molecule has 128 valence electrons. The average Bonchev–Trinajstić information content (AvgIpc) is 2.52. The van der Waals surface area contributed by atoms with Gasteiger partial charge in [0, 0.05) is 39.3 Å². The molecule has 0 bridgehead atoms. The molecular weight excluding hydrogens is 304 g/mol. The minimum absolute atomic E-state index is 0.0858. The van der Waals surface area contributed by atoms with E-state index >= 15 is 0 Å². The normalized spacial score (nSPS) is 28.5. The van der Waals surface area contributed by atoms with Crippen LogP contribution in [0.5, 0.6) is 0 Å². The topological polar surface area (TPSA) is 95.7 Å². The lowest BCUT2D eigenvalue weighted by Gasteiger charge is -2.37. The zero-order valence-electron chi connectivity index (χ0n) is 13.3. The van der Waals surface area contributed by atoms with Gasteiger partial charge in [-0.25, -0.2) is 0 Å². The van der Waals surface area contributed by atoms with Gasteiger partial charge in [-0.3, -0.25) is 4.79 Å². The second kappa shape index (κ2) is 7.72. The summed E-state index contributed by atoms with van der Waals surface area (Å²) >= 11 is 0. The van der Waals surface area contributed by atoms with Crippen molar-refractivity contribution < 1.29 is 13.2 Å². The number of hydrogen-bond acceptors (Lipinski definition) is 4. The van der Waals surface area contributed by atoms with Crippen LogP contribution in [0, 0.1) is 11.8 Å². The third-order valence-electron chi connectivity index (χ3n) is 4.47. The monoisotopic (exact) mass is 332 g/mol. The first kappa shape index (κ1) is 17.7. The molecule has 0 aromatic carbocycles. The Kier molecular flexibility index (Phi) is 6.19. The molecule has 2 saturated heterocycles. The molecule has 7 nitrogen and oxygen atoms in total. The van der Waals surface area contributed by atoms with Crippen LogP contribution >= 0.6 is 0 Å². The van der Waals surface area contributed by atoms with Crippen molar-refractivity contribution in [2.75, 3.05) is 39.3 Å². The fraction of sp³-hybridized carbons (Fsp3) is 0.929. The van der Waals surface area contributed by atoms with E-state index in [4.69, 9.17) is 5.73 Å². The lowest BCUT2D eigenvalue weighted by Crippen LogP contribution is -2.52. The van der Waals surface area contributed by atoms with Crippen LogP contribution in [-0.2, 0) is 15.0 Å². The minimum atomic E-state index is -3.44. The van der Waals surface area contributed by atoms with E-state index in [0.717, 1.165) is 25.7 Å². The molecule has 2 aliphatic rings. The van der Waals surface area contributed by atoms with E-state index in [9.17, 15) is 13.2 Å². The molecule has 2 unspecified atom stereocenters. The molecule has 0 aromatic heterocycles. The summed E-state index contributed by atoms with van der Waals surface area (Å²) in [7, 11) is -3.44. The molecule has 0 saturated carbocycles. The number of nitrogens with zero attached hydrogens (tertiary/aromatic N) is 2. The van der Waals surface area contributed by atoms with E-state index in [0.29, 0.717) is 38.6 Å². The summed E-state index contributed by atoms with van der Waals surface area (Å²) < 4.78 is 28.6. The Labute approximate surface area is 133 Å². The molecule has 22 heavy (non-hydrogen) atoms. The van der Waals surface area contributed by atoms with Gasteiger partial charge in [0.25, 0.3) is 10.2 Å². The Hall–Kier alpha value is -0.700. The van der Waals surface area contributed by atoms with Crippen molar-refractivity contribution in [1.29, 1.82) is 0 Å². The fourth-order valence-corrected chi connectivity index (χ4v) is 5.08. The Morgan fingerprint density at radius 1 is 1.18 bits per heavy atom. The van der Waals surface area contributed by atoms with Gasteiger partial charge in [0.2, 0.25) is 5.91 Å². The van der Waals surface area contributed by atoms with Crippen molar-refractivity contribution in [3.8, 4) is 0 Å². The predicted molar refractivity (Wildman–Crippen MR) is 85.3 cm³/mol. The summed E-state index contributed by atoms with van der Waals surface area (Å²) in [6, 6.07) is 0. The molecule has 1 amide bonds. The average molecular weight is 332 g/mol. The second-order valence-electron chi connectivity index (χ2n) is 6.39. The summed E-state index contributed by atoms with van der Waals surface area (Å²) in [5, 5.41) is 2.76. The Morgan fingerprint density at radius 3 is 2.45 bits per heavy atom. The molecule has 0 radical (unpaired) electrons. The molecule has 0 aromatic rings. The van der Waals surface area contributed by atoms with Crippen molar-refractivity contribution in [2.45, 2.75) is 32.6 Å². The number of nitrogens with two attached hydrogens (primary N) is 1. The van der Waals surface area contributed by atoms with Gasteiger partial charge in [-0.1, -0.05) is 6.92 Å². The molecule has 2 atom stereocenters. The van der Waals surface area contributed by atoms with Crippen LogP contribution in [0.3, 0.4) is 0 Å². The number of amides is 1. The smallest absolute Gasteiger partial charge is 0.282 e. The minimum Gasteiger partial charge on any atom is -0.355 e. The van der Waals surface area contributed by atoms with Gasteiger partial charge >= 0.3 is 0 Å². The van der Waals surface area contributed by atoms with Gasteiger partial charge in [-0.05, 0) is 31.6 Å². The summed E-state index contributed by atoms with van der Waals surface area (Å²) in [4.78, 5) is 12.1. The summed E-state index contributed by atoms with van der Waals surface area (Å²) in [6.07, 6.45) is 3.45. The molecule has 3 N–H and O–H groups in total. The first-order valence-corrected chi connectivity index (χ1v) is 9.58. The van der Waals surface area contributed by atoms with Crippen molar-refractivity contribution in [3.05, 3.63) is 0 Å². The molecule has 2 fully saturated rings. The van der Waals surface area contributed by atoms with Crippen LogP contribution in [-0.4, -0.2) is 62.2 Å². The Morgan fingerprint density at radius 2 is 1.82 bits per heavy atom. The Bertz CT molecular complexity index is 482. The van der Waals surface area contributed by atoms with Crippen molar-refractivity contribution in [3.63, 3.8) is 0 Å². The van der Waals surface area contributed by atoms with E-state index in [2.05, 4.69) is 12.2 Å². The van der Waals surface area contributed by atoms with E-state index in [1.54, 1.807) is 4.31 Å². The number of carbonyl (C=O) groups is 1. The predicted octanol–water partition coefficient (Wildman–Crippen LogP) is -0.250. The van der Waals surface area contributed by atoms with Crippen LogP contribution in [0.1, 0.15) is 32.6 Å². The number of piperidine rings is 2. The maximum absolute atomic E-state index is 12.8. The van der Waals surface area contributed by atoms with Crippen molar-refractivity contribution in [2.24, 2.45) is 17.6 Å². The van der Waals surface area contributed by atoms with Gasteiger partial charge in [0.05, 0.1) is 5.92 Å². The Balaban J connectivity index is 1.99. The largest absolute Gasteiger partial charge is 0.355 e. The lowest BCUT2D eigenvalue weighted by molar-refractivity contribution is -0.126. The molecule has 8 heteroatoms. The van der Waals surface area contributed by atoms with E-state index < -0.39 is 10.2 Å². The van der Waals surface area contributed by atoms with E-state index in [-0.39, 0.29) is 18.4 Å². The standard InChI is InChI=1S/C14H28N4O3S/c1-12-4-2-8-17(10-12)22(20,21)18-9-3-5-13(11-18)14(19)16-7-6-15/h12-13H,2-11,15H2,1H3,(H,16,19). The first-order chi connectivity index (χ1) is 10.4. The second-order valence-corrected chi connectivity index (χ2v) is 8.32. The summed E-state index contributed by atoms with van der Waals surface area (Å²) in [6.45, 7) is 4.88. The molecule has 2 rings (SSSR count). The molecule has 0 aliphatic carbocycles. The van der Waals surface area contributed by atoms with Crippen LogP contribution in [0.2, 0.25) is 0 Å².